The molecular formula is C17H18Cl2N6S. The van der Waals surface area contributed by atoms with E-state index in [0.717, 1.165) is 28.5 Å². The molecule has 1 aromatic carbocycles. The van der Waals surface area contributed by atoms with Crippen molar-refractivity contribution in [1.82, 2.24) is 24.9 Å². The largest absolute Gasteiger partial charge is 0.357 e. The number of halogens is 2. The van der Waals surface area contributed by atoms with Crippen LogP contribution in [0.1, 0.15) is 18.2 Å². The summed E-state index contributed by atoms with van der Waals surface area (Å²) in [5.74, 6) is 0. The van der Waals surface area contributed by atoms with Crippen LogP contribution >= 0.6 is 35.4 Å². The van der Waals surface area contributed by atoms with Gasteiger partial charge in [-0.15, -0.1) is 0 Å². The van der Waals surface area contributed by atoms with E-state index < -0.39 is 0 Å². The van der Waals surface area contributed by atoms with Crippen LogP contribution in [0.15, 0.2) is 42.9 Å². The number of hydrogen-bond donors (Lipinski definition) is 2. The summed E-state index contributed by atoms with van der Waals surface area (Å²) < 4.78 is 3.58. The molecule has 0 amide bonds. The molecule has 0 aliphatic rings. The van der Waals surface area contributed by atoms with Crippen LogP contribution < -0.4 is 10.6 Å². The lowest BCUT2D eigenvalue weighted by atomic mass is 10.2. The Bertz CT molecular complexity index is 904. The summed E-state index contributed by atoms with van der Waals surface area (Å²) in [7, 11) is 0. The van der Waals surface area contributed by atoms with Crippen LogP contribution in [0.5, 0.6) is 0 Å². The number of aryl methyl sites for hydroxylation is 1. The molecule has 0 aliphatic heterocycles. The molecule has 2 heterocycles. The molecule has 26 heavy (non-hydrogen) atoms. The fourth-order valence-electron chi connectivity index (χ4n) is 2.37. The Morgan fingerprint density at radius 2 is 1.96 bits per heavy atom. The van der Waals surface area contributed by atoms with Gasteiger partial charge in [0.1, 0.15) is 5.69 Å². The summed E-state index contributed by atoms with van der Waals surface area (Å²) in [5, 5.41) is 16.7. The molecule has 0 spiro atoms. The summed E-state index contributed by atoms with van der Waals surface area (Å²) in [6.07, 6.45) is 5.38. The van der Waals surface area contributed by atoms with E-state index in [2.05, 4.69) is 20.8 Å². The molecule has 0 atom stereocenters. The quantitative estimate of drug-likeness (QED) is 0.604. The van der Waals surface area contributed by atoms with Gasteiger partial charge in [-0.1, -0.05) is 41.4 Å². The Labute approximate surface area is 167 Å². The summed E-state index contributed by atoms with van der Waals surface area (Å²) in [4.78, 5) is 0. The third kappa shape index (κ3) is 4.75. The van der Waals surface area contributed by atoms with E-state index in [-0.39, 0.29) is 0 Å². The second kappa shape index (κ2) is 8.53. The van der Waals surface area contributed by atoms with Crippen molar-refractivity contribution in [1.29, 1.82) is 0 Å². The molecular weight excluding hydrogens is 391 g/mol. The SMILES string of the molecule is CCn1cc(Cl)c(CNC(=S)Nc2cnn(Cc3ccccc3Cl)c2)n1. The van der Waals surface area contributed by atoms with Crippen LogP contribution in [0, 0.1) is 0 Å². The van der Waals surface area contributed by atoms with Gasteiger partial charge in [-0.25, -0.2) is 0 Å². The fourth-order valence-corrected chi connectivity index (χ4v) is 2.98. The molecule has 136 valence electrons. The van der Waals surface area contributed by atoms with Gasteiger partial charge in [0.25, 0.3) is 0 Å². The predicted octanol–water partition coefficient (Wildman–Crippen LogP) is 3.94. The maximum absolute atomic E-state index is 6.18. The maximum Gasteiger partial charge on any atom is 0.171 e. The van der Waals surface area contributed by atoms with Gasteiger partial charge in [-0.05, 0) is 30.8 Å². The third-order valence-corrected chi connectivity index (χ3v) is 4.64. The molecule has 0 bridgehead atoms. The lowest BCUT2D eigenvalue weighted by Gasteiger charge is -2.08. The van der Waals surface area contributed by atoms with Gasteiger partial charge in [0.05, 0.1) is 30.0 Å². The highest BCUT2D eigenvalue weighted by atomic mass is 35.5. The molecule has 0 saturated carbocycles. The van der Waals surface area contributed by atoms with Crippen molar-refractivity contribution in [2.45, 2.75) is 26.6 Å². The molecule has 0 radical (unpaired) electrons. The van der Waals surface area contributed by atoms with Crippen molar-refractivity contribution in [2.75, 3.05) is 5.32 Å². The van der Waals surface area contributed by atoms with E-state index in [1.165, 1.54) is 0 Å². The lowest BCUT2D eigenvalue weighted by Crippen LogP contribution is -2.28. The second-order valence-corrected chi connectivity index (χ2v) is 6.83. The topological polar surface area (TPSA) is 59.7 Å². The van der Waals surface area contributed by atoms with E-state index in [1.807, 2.05) is 37.4 Å². The van der Waals surface area contributed by atoms with E-state index in [0.29, 0.717) is 23.2 Å². The number of benzene rings is 1. The van der Waals surface area contributed by atoms with Crippen molar-refractivity contribution in [2.24, 2.45) is 0 Å². The van der Waals surface area contributed by atoms with Crippen molar-refractivity contribution < 1.29 is 0 Å². The van der Waals surface area contributed by atoms with Crippen molar-refractivity contribution in [3.63, 3.8) is 0 Å². The minimum Gasteiger partial charge on any atom is -0.357 e. The van der Waals surface area contributed by atoms with Gasteiger partial charge in [0.15, 0.2) is 5.11 Å². The van der Waals surface area contributed by atoms with Gasteiger partial charge in [-0.3, -0.25) is 9.36 Å². The van der Waals surface area contributed by atoms with Gasteiger partial charge in [0, 0.05) is 24.0 Å². The average Bonchev–Trinajstić information content (AvgIpc) is 3.21. The van der Waals surface area contributed by atoms with Crippen LogP contribution in [-0.4, -0.2) is 24.7 Å². The molecule has 2 N–H and O–H groups in total. The average molecular weight is 409 g/mol. The summed E-state index contributed by atoms with van der Waals surface area (Å²) in [6.45, 7) is 3.82. The first-order chi connectivity index (χ1) is 12.5. The van der Waals surface area contributed by atoms with E-state index in [9.17, 15) is 0 Å². The molecule has 6 nitrogen and oxygen atoms in total. The minimum atomic E-state index is 0.450. The zero-order valence-electron chi connectivity index (χ0n) is 14.1. The monoisotopic (exact) mass is 408 g/mol. The molecule has 9 heteroatoms. The number of rotatable bonds is 6. The number of nitrogens with one attached hydrogen (secondary N) is 2. The van der Waals surface area contributed by atoms with Crippen LogP contribution in [0.25, 0.3) is 0 Å². The zero-order chi connectivity index (χ0) is 18.5. The van der Waals surface area contributed by atoms with E-state index in [1.54, 1.807) is 21.8 Å². The normalized spacial score (nSPS) is 10.7. The number of aromatic nitrogens is 4. The zero-order valence-corrected chi connectivity index (χ0v) is 16.4. The smallest absolute Gasteiger partial charge is 0.171 e. The molecule has 0 saturated heterocycles. The summed E-state index contributed by atoms with van der Waals surface area (Å²) >= 11 is 17.6. The standard InChI is InChI=1S/C17H18Cl2N6S/c1-2-24-11-15(19)16(23-24)8-20-17(26)22-13-7-21-25(10-13)9-12-5-3-4-6-14(12)18/h3-7,10-11H,2,8-9H2,1H3,(H2,20,22,26). The summed E-state index contributed by atoms with van der Waals surface area (Å²) in [5.41, 5.74) is 2.55. The van der Waals surface area contributed by atoms with Gasteiger partial charge >= 0.3 is 0 Å². The van der Waals surface area contributed by atoms with Crippen LogP contribution in [0.2, 0.25) is 10.0 Å². The Balaban J connectivity index is 1.54. The highest BCUT2D eigenvalue weighted by Crippen LogP contribution is 2.17. The van der Waals surface area contributed by atoms with Gasteiger partial charge < -0.3 is 10.6 Å². The van der Waals surface area contributed by atoms with E-state index in [4.69, 9.17) is 35.4 Å². The molecule has 2 aromatic heterocycles. The molecule has 3 aromatic rings. The van der Waals surface area contributed by atoms with Crippen molar-refractivity contribution >= 4 is 46.2 Å². The van der Waals surface area contributed by atoms with Gasteiger partial charge in [-0.2, -0.15) is 10.2 Å². The maximum atomic E-state index is 6.18. The molecule has 0 unspecified atom stereocenters. The van der Waals surface area contributed by atoms with Crippen LogP contribution in [0.3, 0.4) is 0 Å². The number of nitrogens with zero attached hydrogens (tertiary/aromatic N) is 4. The molecule has 0 fully saturated rings. The Hall–Kier alpha value is -2.09. The Kier molecular flexibility index (Phi) is 6.13. The number of hydrogen-bond acceptors (Lipinski definition) is 3. The van der Waals surface area contributed by atoms with Crippen molar-refractivity contribution in [3.8, 4) is 0 Å². The summed E-state index contributed by atoms with van der Waals surface area (Å²) in [6, 6.07) is 7.70. The molecule has 3 rings (SSSR count). The third-order valence-electron chi connectivity index (χ3n) is 3.71. The Morgan fingerprint density at radius 1 is 1.15 bits per heavy atom. The highest BCUT2D eigenvalue weighted by Gasteiger charge is 2.08. The van der Waals surface area contributed by atoms with E-state index >= 15 is 0 Å². The van der Waals surface area contributed by atoms with Crippen molar-refractivity contribution in [3.05, 3.63) is 64.2 Å². The van der Waals surface area contributed by atoms with Gasteiger partial charge in [0.2, 0.25) is 0 Å². The first-order valence-corrected chi connectivity index (χ1v) is 9.24. The first-order valence-electron chi connectivity index (χ1n) is 8.07. The van der Waals surface area contributed by atoms with Crippen LogP contribution in [-0.2, 0) is 19.6 Å². The number of thiocarbonyl (C=S) groups is 1. The second-order valence-electron chi connectivity index (χ2n) is 5.61. The fraction of sp³-hybridized carbons (Fsp3) is 0.235. The first kappa shape index (κ1) is 18.7. The highest BCUT2D eigenvalue weighted by molar-refractivity contribution is 7.80. The molecule has 0 aliphatic carbocycles. The number of anilines is 1. The predicted molar refractivity (Wildman–Crippen MR) is 109 cm³/mol. The van der Waals surface area contributed by atoms with Crippen LogP contribution in [0.4, 0.5) is 5.69 Å². The Morgan fingerprint density at radius 3 is 2.69 bits per heavy atom. The lowest BCUT2D eigenvalue weighted by molar-refractivity contribution is 0.643. The minimum absolute atomic E-state index is 0.450.